The molecule has 0 heterocycles. The van der Waals surface area contributed by atoms with E-state index in [-0.39, 0.29) is 5.91 Å². The minimum Gasteiger partial charge on any atom is -0.388 e. The van der Waals surface area contributed by atoms with Crippen LogP contribution in [0.4, 0.5) is 5.69 Å². The molecule has 1 aromatic rings. The highest BCUT2D eigenvalue weighted by Gasteiger charge is 2.23. The van der Waals surface area contributed by atoms with Gasteiger partial charge in [-0.25, -0.2) is 0 Å². The Kier molecular flexibility index (Phi) is 4.43. The van der Waals surface area contributed by atoms with Gasteiger partial charge in [0.25, 0.3) is 0 Å². The molecule has 19 heavy (non-hydrogen) atoms. The number of nitrogens with zero attached hydrogens (tertiary/aromatic N) is 1. The number of hydrogen-bond acceptors (Lipinski definition) is 3. The van der Waals surface area contributed by atoms with Crippen LogP contribution in [0.15, 0.2) is 24.3 Å². The molecule has 1 aliphatic carbocycles. The zero-order valence-electron chi connectivity index (χ0n) is 11.6. The Morgan fingerprint density at radius 2 is 2.05 bits per heavy atom. The van der Waals surface area contributed by atoms with Gasteiger partial charge >= 0.3 is 0 Å². The maximum atomic E-state index is 11.7. The summed E-state index contributed by atoms with van der Waals surface area (Å²) in [5, 5.41) is 12.7. The van der Waals surface area contributed by atoms with E-state index in [9.17, 15) is 9.90 Å². The second-order valence-corrected chi connectivity index (χ2v) is 5.21. The molecule has 1 aliphatic rings. The average molecular weight is 262 g/mol. The zero-order chi connectivity index (χ0) is 13.8. The van der Waals surface area contributed by atoms with E-state index in [1.54, 1.807) is 0 Å². The number of nitrogens with one attached hydrogen (secondary N) is 1. The third kappa shape index (κ3) is 3.96. The van der Waals surface area contributed by atoms with E-state index in [1.807, 2.05) is 43.1 Å². The standard InChI is InChI=1S/C15H22N2O2/c1-3-14(18)11-4-8-13(9-5-11)17(2)10-15(19)16-12-6-7-12/h4-5,8-9,12,14,18H,3,6-7,10H2,1-2H3,(H,16,19). The van der Waals surface area contributed by atoms with Gasteiger partial charge in [0.15, 0.2) is 0 Å². The van der Waals surface area contributed by atoms with Crippen molar-refractivity contribution in [3.63, 3.8) is 0 Å². The average Bonchev–Trinajstić information content (AvgIpc) is 3.21. The molecule has 4 nitrogen and oxygen atoms in total. The lowest BCUT2D eigenvalue weighted by atomic mass is 10.1. The molecular weight excluding hydrogens is 240 g/mol. The van der Waals surface area contributed by atoms with Crippen molar-refractivity contribution in [2.24, 2.45) is 0 Å². The fourth-order valence-electron chi connectivity index (χ4n) is 1.99. The van der Waals surface area contributed by atoms with Gasteiger partial charge in [0.2, 0.25) is 5.91 Å². The van der Waals surface area contributed by atoms with Crippen LogP contribution in [0.25, 0.3) is 0 Å². The second-order valence-electron chi connectivity index (χ2n) is 5.21. The third-order valence-corrected chi connectivity index (χ3v) is 3.43. The fourth-order valence-corrected chi connectivity index (χ4v) is 1.99. The van der Waals surface area contributed by atoms with Gasteiger partial charge < -0.3 is 15.3 Å². The first-order valence-corrected chi connectivity index (χ1v) is 6.88. The smallest absolute Gasteiger partial charge is 0.239 e. The fraction of sp³-hybridized carbons (Fsp3) is 0.533. The first-order chi connectivity index (χ1) is 9.10. The van der Waals surface area contributed by atoms with Gasteiger partial charge in [-0.2, -0.15) is 0 Å². The Balaban J connectivity index is 1.90. The van der Waals surface area contributed by atoms with Crippen molar-refractivity contribution in [1.29, 1.82) is 0 Å². The van der Waals surface area contributed by atoms with E-state index in [1.165, 1.54) is 0 Å². The van der Waals surface area contributed by atoms with Crippen LogP contribution in [0, 0.1) is 0 Å². The van der Waals surface area contributed by atoms with E-state index in [0.29, 0.717) is 19.0 Å². The van der Waals surface area contributed by atoms with E-state index in [2.05, 4.69) is 5.32 Å². The molecule has 104 valence electrons. The minimum absolute atomic E-state index is 0.0719. The van der Waals surface area contributed by atoms with Crippen molar-refractivity contribution >= 4 is 11.6 Å². The molecule has 1 unspecified atom stereocenters. The number of carbonyl (C=O) groups is 1. The Morgan fingerprint density at radius 1 is 1.42 bits per heavy atom. The summed E-state index contributed by atoms with van der Waals surface area (Å²) >= 11 is 0. The quantitative estimate of drug-likeness (QED) is 0.822. The van der Waals surface area contributed by atoms with Gasteiger partial charge in [0.1, 0.15) is 0 Å². The first-order valence-electron chi connectivity index (χ1n) is 6.88. The van der Waals surface area contributed by atoms with Gasteiger partial charge in [-0.1, -0.05) is 19.1 Å². The molecule has 4 heteroatoms. The predicted octanol–water partition coefficient (Wildman–Crippen LogP) is 1.84. The highest BCUT2D eigenvalue weighted by atomic mass is 16.3. The number of hydrogen-bond donors (Lipinski definition) is 2. The van der Waals surface area contributed by atoms with Crippen LogP contribution in [0.1, 0.15) is 37.9 Å². The number of amides is 1. The Bertz CT molecular complexity index is 426. The van der Waals surface area contributed by atoms with Gasteiger partial charge in [-0.05, 0) is 37.0 Å². The number of carbonyl (C=O) groups excluding carboxylic acids is 1. The second kappa shape index (κ2) is 6.06. The molecule has 0 saturated heterocycles. The SMILES string of the molecule is CCC(O)c1ccc(N(C)CC(=O)NC2CC2)cc1. The van der Waals surface area contributed by atoms with Gasteiger partial charge in [-0.15, -0.1) is 0 Å². The van der Waals surface area contributed by atoms with Gasteiger partial charge in [-0.3, -0.25) is 4.79 Å². The normalized spacial score (nSPS) is 15.9. The molecule has 0 bridgehead atoms. The summed E-state index contributed by atoms with van der Waals surface area (Å²) in [4.78, 5) is 13.6. The third-order valence-electron chi connectivity index (χ3n) is 3.43. The van der Waals surface area contributed by atoms with Crippen molar-refractivity contribution in [3.8, 4) is 0 Å². The number of anilines is 1. The maximum absolute atomic E-state index is 11.7. The van der Waals surface area contributed by atoms with E-state index in [0.717, 1.165) is 24.1 Å². The molecule has 0 aliphatic heterocycles. The highest BCUT2D eigenvalue weighted by molar-refractivity contribution is 5.81. The summed E-state index contributed by atoms with van der Waals surface area (Å²) in [5.74, 6) is 0.0719. The highest BCUT2D eigenvalue weighted by Crippen LogP contribution is 2.21. The first kappa shape index (κ1) is 13.9. The lowest BCUT2D eigenvalue weighted by Crippen LogP contribution is -2.36. The zero-order valence-corrected chi connectivity index (χ0v) is 11.6. The Labute approximate surface area is 114 Å². The van der Waals surface area contributed by atoms with Crippen LogP contribution < -0.4 is 10.2 Å². The van der Waals surface area contributed by atoms with Crippen LogP contribution in [-0.2, 0) is 4.79 Å². The summed E-state index contributed by atoms with van der Waals surface area (Å²) in [7, 11) is 1.90. The molecule has 0 spiro atoms. The van der Waals surface area contributed by atoms with Gasteiger partial charge in [0.05, 0.1) is 12.6 Å². The lowest BCUT2D eigenvalue weighted by molar-refractivity contribution is -0.119. The van der Waals surface area contributed by atoms with E-state index >= 15 is 0 Å². The molecule has 1 atom stereocenters. The Morgan fingerprint density at radius 3 is 2.58 bits per heavy atom. The molecule has 0 radical (unpaired) electrons. The number of aliphatic hydroxyl groups excluding tert-OH is 1. The van der Waals surface area contributed by atoms with Crippen molar-refractivity contribution < 1.29 is 9.90 Å². The summed E-state index contributed by atoms with van der Waals surface area (Å²) in [6, 6.07) is 8.12. The number of aliphatic hydroxyl groups is 1. The van der Waals surface area contributed by atoms with Crippen LogP contribution in [0.3, 0.4) is 0 Å². The van der Waals surface area contributed by atoms with Crippen molar-refractivity contribution in [2.75, 3.05) is 18.5 Å². The van der Waals surface area contributed by atoms with Crippen molar-refractivity contribution in [2.45, 2.75) is 38.3 Å². The van der Waals surface area contributed by atoms with Crippen LogP contribution in [0.5, 0.6) is 0 Å². The monoisotopic (exact) mass is 262 g/mol. The predicted molar refractivity (Wildman–Crippen MR) is 76.1 cm³/mol. The molecule has 1 saturated carbocycles. The molecule has 1 aromatic carbocycles. The van der Waals surface area contributed by atoms with Crippen LogP contribution in [-0.4, -0.2) is 30.6 Å². The van der Waals surface area contributed by atoms with Crippen molar-refractivity contribution in [1.82, 2.24) is 5.32 Å². The largest absolute Gasteiger partial charge is 0.388 e. The molecule has 1 fully saturated rings. The van der Waals surface area contributed by atoms with E-state index < -0.39 is 6.10 Å². The molecule has 2 rings (SSSR count). The molecular formula is C15H22N2O2. The molecule has 0 aromatic heterocycles. The summed E-state index contributed by atoms with van der Waals surface area (Å²) < 4.78 is 0. The number of benzene rings is 1. The van der Waals surface area contributed by atoms with Gasteiger partial charge in [0, 0.05) is 18.8 Å². The summed E-state index contributed by atoms with van der Waals surface area (Å²) in [6.07, 6.45) is 2.52. The topological polar surface area (TPSA) is 52.6 Å². The van der Waals surface area contributed by atoms with Crippen LogP contribution >= 0.6 is 0 Å². The van der Waals surface area contributed by atoms with E-state index in [4.69, 9.17) is 0 Å². The molecule has 1 amide bonds. The summed E-state index contributed by atoms with van der Waals surface area (Å²) in [5.41, 5.74) is 1.90. The van der Waals surface area contributed by atoms with Crippen molar-refractivity contribution in [3.05, 3.63) is 29.8 Å². The number of rotatable bonds is 6. The Hall–Kier alpha value is -1.55. The molecule has 2 N–H and O–H groups in total. The number of likely N-dealkylation sites (N-methyl/N-ethyl adjacent to an activating group) is 1. The van der Waals surface area contributed by atoms with Crippen LogP contribution in [0.2, 0.25) is 0 Å². The lowest BCUT2D eigenvalue weighted by Gasteiger charge is -2.19. The minimum atomic E-state index is -0.405. The maximum Gasteiger partial charge on any atom is 0.239 e. The summed E-state index contributed by atoms with van der Waals surface area (Å²) in [6.45, 7) is 2.32.